The van der Waals surface area contributed by atoms with Crippen LogP contribution in [0.25, 0.3) is 0 Å². The fourth-order valence-corrected chi connectivity index (χ4v) is 8.39. The third kappa shape index (κ3) is 49.3. The van der Waals surface area contributed by atoms with Crippen molar-refractivity contribution in [1.82, 2.24) is 0 Å². The van der Waals surface area contributed by atoms with Crippen molar-refractivity contribution in [3.05, 3.63) is 0 Å². The lowest BCUT2D eigenvalue weighted by Gasteiger charge is -2.18. The number of carbonyl (C=O) groups is 3. The Bertz CT molecular complexity index is 918. The molecule has 6 nitrogen and oxygen atoms in total. The molecule has 0 aromatic rings. The van der Waals surface area contributed by atoms with Gasteiger partial charge in [-0.25, -0.2) is 0 Å². The summed E-state index contributed by atoms with van der Waals surface area (Å²) in [5, 5.41) is 0. The molecule has 0 aliphatic carbocycles. The zero-order chi connectivity index (χ0) is 44.5. The van der Waals surface area contributed by atoms with Gasteiger partial charge in [-0.1, -0.05) is 272 Å². The van der Waals surface area contributed by atoms with Crippen LogP contribution >= 0.6 is 0 Å². The smallest absolute Gasteiger partial charge is 0.306 e. The highest BCUT2D eigenvalue weighted by molar-refractivity contribution is 5.71. The molecule has 362 valence electrons. The number of unbranched alkanes of at least 4 members (excludes halogenated alkanes) is 37. The topological polar surface area (TPSA) is 78.9 Å². The van der Waals surface area contributed by atoms with E-state index in [-0.39, 0.29) is 31.1 Å². The zero-order valence-corrected chi connectivity index (χ0v) is 41.6. The second kappa shape index (κ2) is 49.4. The first-order chi connectivity index (χ1) is 29.9. The molecule has 0 bridgehead atoms. The summed E-state index contributed by atoms with van der Waals surface area (Å²) >= 11 is 0. The molecule has 0 rings (SSSR count). The highest BCUT2D eigenvalue weighted by atomic mass is 16.6. The zero-order valence-electron chi connectivity index (χ0n) is 41.6. The standard InChI is InChI=1S/C55H106O6/c1-5-7-9-11-13-14-15-16-17-18-19-20-21-25-28-31-35-38-42-46-53(56)59-49-52(61-55(58)48-44-40-33-12-10-8-6-2)50-60-54(57)47-43-39-36-32-29-26-23-22-24-27-30-34-37-41-45-51(3)4/h51-52H,5-50H2,1-4H3/t52-/m1/s1. The average Bonchev–Trinajstić information content (AvgIpc) is 3.24. The van der Waals surface area contributed by atoms with Crippen molar-refractivity contribution >= 4 is 17.9 Å². The first-order valence-corrected chi connectivity index (χ1v) is 27.4. The van der Waals surface area contributed by atoms with E-state index in [1.165, 1.54) is 205 Å². The third-order valence-electron chi connectivity index (χ3n) is 12.5. The van der Waals surface area contributed by atoms with E-state index in [1.54, 1.807) is 0 Å². The van der Waals surface area contributed by atoms with E-state index in [0.29, 0.717) is 19.3 Å². The van der Waals surface area contributed by atoms with E-state index in [2.05, 4.69) is 27.7 Å². The second-order valence-corrected chi connectivity index (χ2v) is 19.3. The van der Waals surface area contributed by atoms with Crippen LogP contribution in [0, 0.1) is 5.92 Å². The monoisotopic (exact) mass is 863 g/mol. The van der Waals surface area contributed by atoms with E-state index in [9.17, 15) is 14.4 Å². The van der Waals surface area contributed by atoms with Crippen LogP contribution in [-0.4, -0.2) is 37.2 Å². The van der Waals surface area contributed by atoms with Crippen LogP contribution < -0.4 is 0 Å². The lowest BCUT2D eigenvalue weighted by Crippen LogP contribution is -2.30. The molecule has 0 amide bonds. The maximum absolute atomic E-state index is 12.7. The molecule has 0 radical (unpaired) electrons. The lowest BCUT2D eigenvalue weighted by atomic mass is 10.0. The Kier molecular flexibility index (Phi) is 48.1. The molecule has 0 aliphatic heterocycles. The van der Waals surface area contributed by atoms with Gasteiger partial charge < -0.3 is 14.2 Å². The van der Waals surface area contributed by atoms with Crippen LogP contribution in [0.5, 0.6) is 0 Å². The lowest BCUT2D eigenvalue weighted by molar-refractivity contribution is -0.167. The Hall–Kier alpha value is -1.59. The average molecular weight is 863 g/mol. The van der Waals surface area contributed by atoms with E-state index < -0.39 is 6.10 Å². The van der Waals surface area contributed by atoms with Crippen molar-refractivity contribution in [1.29, 1.82) is 0 Å². The van der Waals surface area contributed by atoms with Gasteiger partial charge in [-0.05, 0) is 25.2 Å². The van der Waals surface area contributed by atoms with Gasteiger partial charge in [0.15, 0.2) is 6.10 Å². The molecule has 0 saturated carbocycles. The predicted molar refractivity (Wildman–Crippen MR) is 261 cm³/mol. The van der Waals surface area contributed by atoms with Gasteiger partial charge >= 0.3 is 17.9 Å². The van der Waals surface area contributed by atoms with Gasteiger partial charge in [-0.3, -0.25) is 14.4 Å². The third-order valence-corrected chi connectivity index (χ3v) is 12.5. The van der Waals surface area contributed by atoms with Crippen molar-refractivity contribution in [3.8, 4) is 0 Å². The first kappa shape index (κ1) is 59.4. The Morgan fingerprint density at radius 2 is 0.541 bits per heavy atom. The Morgan fingerprint density at radius 3 is 0.803 bits per heavy atom. The Morgan fingerprint density at radius 1 is 0.311 bits per heavy atom. The normalized spacial score (nSPS) is 12.0. The minimum atomic E-state index is -0.759. The van der Waals surface area contributed by atoms with Crippen molar-refractivity contribution in [2.75, 3.05) is 13.2 Å². The summed E-state index contributed by atoms with van der Waals surface area (Å²) in [7, 11) is 0. The van der Waals surface area contributed by atoms with Crippen LogP contribution in [-0.2, 0) is 28.6 Å². The SMILES string of the molecule is CCCCCCCCCCCCCCCCCCCCCC(=O)OC[C@H](COC(=O)CCCCCCCCCCCCCCCCC(C)C)OC(=O)CCCCCCCCC. The van der Waals surface area contributed by atoms with Gasteiger partial charge in [-0.2, -0.15) is 0 Å². The second-order valence-electron chi connectivity index (χ2n) is 19.3. The summed E-state index contributed by atoms with van der Waals surface area (Å²) in [6, 6.07) is 0. The number of hydrogen-bond donors (Lipinski definition) is 0. The van der Waals surface area contributed by atoms with Crippen LogP contribution in [0.3, 0.4) is 0 Å². The molecule has 1 atom stereocenters. The highest BCUT2D eigenvalue weighted by Gasteiger charge is 2.19. The largest absolute Gasteiger partial charge is 0.462 e. The summed E-state index contributed by atoms with van der Waals surface area (Å²) in [5.74, 6) is -0.00341. The van der Waals surface area contributed by atoms with Gasteiger partial charge in [-0.15, -0.1) is 0 Å². The maximum Gasteiger partial charge on any atom is 0.306 e. The van der Waals surface area contributed by atoms with Gasteiger partial charge in [0.1, 0.15) is 13.2 Å². The molecule has 0 unspecified atom stereocenters. The summed E-state index contributed by atoms with van der Waals surface area (Å²) < 4.78 is 16.8. The Labute approximate surface area is 380 Å². The highest BCUT2D eigenvalue weighted by Crippen LogP contribution is 2.18. The fourth-order valence-electron chi connectivity index (χ4n) is 8.39. The van der Waals surface area contributed by atoms with Gasteiger partial charge in [0.25, 0.3) is 0 Å². The van der Waals surface area contributed by atoms with Gasteiger partial charge in [0.2, 0.25) is 0 Å². The van der Waals surface area contributed by atoms with Crippen LogP contribution in [0.2, 0.25) is 0 Å². The summed E-state index contributed by atoms with van der Waals surface area (Å²) in [6.45, 7) is 9.01. The quantitative estimate of drug-likeness (QED) is 0.0344. The molecule has 0 aromatic heterocycles. The minimum Gasteiger partial charge on any atom is -0.462 e. The maximum atomic E-state index is 12.7. The molecule has 0 aliphatic rings. The molecule has 0 spiro atoms. The molecule has 0 N–H and O–H groups in total. The Balaban J connectivity index is 4.11. The number of carbonyl (C=O) groups excluding carboxylic acids is 3. The van der Waals surface area contributed by atoms with E-state index in [1.807, 2.05) is 0 Å². The van der Waals surface area contributed by atoms with Crippen LogP contribution in [0.4, 0.5) is 0 Å². The molecule has 0 aromatic carbocycles. The van der Waals surface area contributed by atoms with Gasteiger partial charge in [0, 0.05) is 19.3 Å². The van der Waals surface area contributed by atoms with Crippen molar-refractivity contribution in [3.63, 3.8) is 0 Å². The number of esters is 3. The minimum absolute atomic E-state index is 0.0631. The molecular formula is C55H106O6. The molecule has 0 saturated heterocycles. The summed E-state index contributed by atoms with van der Waals surface area (Å²) in [4.78, 5) is 37.8. The predicted octanol–water partition coefficient (Wildman–Crippen LogP) is 17.8. The molecule has 6 heteroatoms. The van der Waals surface area contributed by atoms with E-state index in [4.69, 9.17) is 14.2 Å². The molecule has 0 fully saturated rings. The molecule has 61 heavy (non-hydrogen) atoms. The van der Waals surface area contributed by atoms with Gasteiger partial charge in [0.05, 0.1) is 0 Å². The number of ether oxygens (including phenoxy) is 3. The van der Waals surface area contributed by atoms with Crippen LogP contribution in [0.15, 0.2) is 0 Å². The number of hydrogen-bond acceptors (Lipinski definition) is 6. The summed E-state index contributed by atoms with van der Waals surface area (Å²) in [5.41, 5.74) is 0. The first-order valence-electron chi connectivity index (χ1n) is 27.4. The molecular weight excluding hydrogens is 757 g/mol. The van der Waals surface area contributed by atoms with Crippen LogP contribution in [0.1, 0.15) is 310 Å². The van der Waals surface area contributed by atoms with E-state index in [0.717, 1.165) is 63.7 Å². The van der Waals surface area contributed by atoms with Crippen molar-refractivity contribution < 1.29 is 28.6 Å². The van der Waals surface area contributed by atoms with Crippen molar-refractivity contribution in [2.24, 2.45) is 5.92 Å². The fraction of sp³-hybridized carbons (Fsp3) is 0.945. The van der Waals surface area contributed by atoms with E-state index >= 15 is 0 Å². The summed E-state index contributed by atoms with van der Waals surface area (Å²) in [6.07, 6.45) is 52.5. The molecule has 0 heterocycles. The van der Waals surface area contributed by atoms with Crippen molar-refractivity contribution in [2.45, 2.75) is 316 Å². The number of rotatable bonds is 50.